The Morgan fingerprint density at radius 3 is 2.23 bits per heavy atom. The van der Waals surface area contributed by atoms with Gasteiger partial charge in [-0.05, 0) is 56.6 Å². The van der Waals surface area contributed by atoms with Crippen molar-refractivity contribution in [1.29, 1.82) is 0 Å². The fraction of sp³-hybridized carbons (Fsp3) is 0.645. The molecule has 9 nitrogen and oxygen atoms in total. The van der Waals surface area contributed by atoms with Gasteiger partial charge in [-0.2, -0.15) is 0 Å². The molecule has 0 aromatic carbocycles. The Bertz CT molecular complexity index is 1080. The minimum Gasteiger partial charge on any atom is -0.456 e. The number of cyclic esters (lactones) is 1. The highest BCUT2D eigenvalue weighted by Gasteiger charge is 2.37. The highest BCUT2D eigenvalue weighted by Crippen LogP contribution is 2.24. The maximum atomic E-state index is 13.5. The van der Waals surface area contributed by atoms with Crippen molar-refractivity contribution < 1.29 is 28.3 Å². The van der Waals surface area contributed by atoms with E-state index in [9.17, 15) is 19.2 Å². The number of oxazole rings is 1. The summed E-state index contributed by atoms with van der Waals surface area (Å²) in [7, 11) is 0. The molecule has 1 fully saturated rings. The number of ether oxygens (including phenoxy) is 1. The Labute approximate surface area is 238 Å². The van der Waals surface area contributed by atoms with Crippen LogP contribution in [0.1, 0.15) is 93.3 Å². The molecule has 0 bridgehead atoms. The zero-order valence-corrected chi connectivity index (χ0v) is 25.3. The van der Waals surface area contributed by atoms with Crippen molar-refractivity contribution in [2.75, 3.05) is 0 Å². The first-order valence-corrected chi connectivity index (χ1v) is 14.4. The van der Waals surface area contributed by atoms with E-state index in [-0.39, 0.29) is 30.0 Å². The predicted molar refractivity (Wildman–Crippen MR) is 154 cm³/mol. The van der Waals surface area contributed by atoms with Gasteiger partial charge in [0.1, 0.15) is 29.7 Å². The number of rotatable bonds is 10. The molecular formula is C31H47N3O6. The van der Waals surface area contributed by atoms with Crippen LogP contribution in [-0.4, -0.2) is 46.7 Å². The second kappa shape index (κ2) is 15.5. The molecule has 2 heterocycles. The van der Waals surface area contributed by atoms with Gasteiger partial charge < -0.3 is 19.8 Å². The quantitative estimate of drug-likeness (QED) is 0.235. The predicted octanol–water partition coefficient (Wildman–Crippen LogP) is 5.02. The molecule has 9 heteroatoms. The number of allylic oxidation sites excluding steroid dienone is 2. The summed E-state index contributed by atoms with van der Waals surface area (Å²) in [6.45, 7) is 15.4. The summed E-state index contributed by atoms with van der Waals surface area (Å²) in [5.41, 5.74) is 2.11. The minimum absolute atomic E-state index is 0.178. The molecule has 2 amide bonds. The van der Waals surface area contributed by atoms with E-state index in [1.807, 2.05) is 53.7 Å². The van der Waals surface area contributed by atoms with Crippen LogP contribution in [0, 0.1) is 23.7 Å². The SMILES string of the molecule is CC[C@H](C)[C@@H]1NC(=O)[C@@H]([C@@H](C)CC)NC(=O)CC(=O)[C@H](C)[C@H](/C=C(\C)CC(C)C/C(C)=C/c2cnco2)OC1=O. The average Bonchev–Trinajstić information content (AvgIpc) is 3.40. The van der Waals surface area contributed by atoms with Crippen molar-refractivity contribution in [3.63, 3.8) is 0 Å². The summed E-state index contributed by atoms with van der Waals surface area (Å²) in [6, 6.07) is -1.75. The number of Topliss-reactive ketones (excluding diaryl/α,β-unsaturated/α-hetero) is 1. The van der Waals surface area contributed by atoms with E-state index in [4.69, 9.17) is 9.15 Å². The van der Waals surface area contributed by atoms with Crippen molar-refractivity contribution in [2.24, 2.45) is 23.7 Å². The molecule has 40 heavy (non-hydrogen) atoms. The normalized spacial score (nSPS) is 26.1. The van der Waals surface area contributed by atoms with Crippen LogP contribution in [0.4, 0.5) is 0 Å². The second-order valence-corrected chi connectivity index (χ2v) is 11.6. The van der Waals surface area contributed by atoms with Crippen LogP contribution in [-0.2, 0) is 23.9 Å². The van der Waals surface area contributed by atoms with Gasteiger partial charge in [-0.15, -0.1) is 0 Å². The summed E-state index contributed by atoms with van der Waals surface area (Å²) in [4.78, 5) is 56.6. The number of amides is 2. The Morgan fingerprint density at radius 1 is 1.00 bits per heavy atom. The van der Waals surface area contributed by atoms with Gasteiger partial charge >= 0.3 is 5.97 Å². The maximum Gasteiger partial charge on any atom is 0.329 e. The smallest absolute Gasteiger partial charge is 0.329 e. The first kappa shape index (κ1) is 33.0. The Hall–Kier alpha value is -3.23. The molecule has 7 atom stereocenters. The number of carbonyl (C=O) groups excluding carboxylic acids is 4. The van der Waals surface area contributed by atoms with Crippen molar-refractivity contribution in [2.45, 2.75) is 106 Å². The van der Waals surface area contributed by atoms with Crippen LogP contribution in [0.5, 0.6) is 0 Å². The van der Waals surface area contributed by atoms with Gasteiger partial charge in [-0.3, -0.25) is 14.4 Å². The zero-order chi connectivity index (χ0) is 30.0. The molecule has 1 aliphatic rings. The van der Waals surface area contributed by atoms with Crippen LogP contribution in [0.15, 0.2) is 34.2 Å². The van der Waals surface area contributed by atoms with Crippen molar-refractivity contribution in [1.82, 2.24) is 15.6 Å². The highest BCUT2D eigenvalue weighted by atomic mass is 16.5. The third kappa shape index (κ3) is 9.75. The van der Waals surface area contributed by atoms with Crippen molar-refractivity contribution in [3.05, 3.63) is 35.6 Å². The molecule has 222 valence electrons. The summed E-state index contributed by atoms with van der Waals surface area (Å²) >= 11 is 0. The van der Waals surface area contributed by atoms with Gasteiger partial charge in [0.05, 0.1) is 18.5 Å². The number of nitrogens with one attached hydrogen (secondary N) is 2. The molecule has 0 saturated carbocycles. The van der Waals surface area contributed by atoms with Gasteiger partial charge in [0.2, 0.25) is 11.8 Å². The lowest BCUT2D eigenvalue weighted by molar-refractivity contribution is -0.156. The lowest BCUT2D eigenvalue weighted by Gasteiger charge is -2.31. The Kier molecular flexibility index (Phi) is 12.8. The van der Waals surface area contributed by atoms with E-state index >= 15 is 0 Å². The average molecular weight is 558 g/mol. The van der Waals surface area contributed by atoms with E-state index in [0.717, 1.165) is 24.0 Å². The third-order valence-electron chi connectivity index (χ3n) is 7.79. The van der Waals surface area contributed by atoms with Gasteiger partial charge in [0.15, 0.2) is 6.39 Å². The maximum absolute atomic E-state index is 13.5. The fourth-order valence-corrected chi connectivity index (χ4v) is 4.95. The highest BCUT2D eigenvalue weighted by molar-refractivity contribution is 6.01. The standard InChI is InChI=1S/C31H47N3O6/c1-9-21(6)28-30(37)34-29(22(7)10-2)31(38)40-26(23(8)25(35)15-27(36)33-28)14-20(5)12-18(3)11-19(4)13-24-16-32-17-39-24/h13-14,16-18,21-23,26,28-29H,9-12,15H2,1-8H3,(H,33,36)(H,34,37)/b19-13+,20-14+/t18?,21-,22-,23-,26-,28+,29-/m0/s1. The van der Waals surface area contributed by atoms with Crippen LogP contribution in [0.25, 0.3) is 6.08 Å². The topological polar surface area (TPSA) is 128 Å². The second-order valence-electron chi connectivity index (χ2n) is 11.6. The van der Waals surface area contributed by atoms with Crippen molar-refractivity contribution >= 4 is 29.6 Å². The molecular weight excluding hydrogens is 510 g/mol. The number of esters is 1. The van der Waals surface area contributed by atoms with Crippen molar-refractivity contribution in [3.8, 4) is 0 Å². The number of ketones is 1. The van der Waals surface area contributed by atoms with Crippen LogP contribution >= 0.6 is 0 Å². The van der Waals surface area contributed by atoms with Gasteiger partial charge in [0.25, 0.3) is 0 Å². The van der Waals surface area contributed by atoms with Gasteiger partial charge in [-0.25, -0.2) is 9.78 Å². The first-order valence-electron chi connectivity index (χ1n) is 14.4. The third-order valence-corrected chi connectivity index (χ3v) is 7.79. The molecule has 2 rings (SSSR count). The lowest BCUT2D eigenvalue weighted by atomic mass is 9.90. The van der Waals surface area contributed by atoms with E-state index in [1.54, 1.807) is 13.1 Å². The number of hydrogen-bond acceptors (Lipinski definition) is 7. The lowest BCUT2D eigenvalue weighted by Crippen LogP contribution is -2.57. The fourth-order valence-electron chi connectivity index (χ4n) is 4.95. The summed E-state index contributed by atoms with van der Waals surface area (Å²) in [5.74, 6) is -2.02. The molecule has 1 aromatic heterocycles. The van der Waals surface area contributed by atoms with E-state index < -0.39 is 41.9 Å². The molecule has 1 saturated heterocycles. The van der Waals surface area contributed by atoms with Gasteiger partial charge in [0, 0.05) is 0 Å². The number of carbonyl (C=O) groups is 4. The first-order chi connectivity index (χ1) is 18.9. The van der Waals surface area contributed by atoms with Gasteiger partial charge in [-0.1, -0.05) is 65.5 Å². The van der Waals surface area contributed by atoms with E-state index in [0.29, 0.717) is 18.6 Å². The molecule has 0 aliphatic carbocycles. The van der Waals surface area contributed by atoms with Crippen LogP contribution in [0.3, 0.4) is 0 Å². The number of hydrogen-bond donors (Lipinski definition) is 2. The monoisotopic (exact) mass is 557 g/mol. The molecule has 0 radical (unpaired) electrons. The minimum atomic E-state index is -0.901. The largest absolute Gasteiger partial charge is 0.456 e. The van der Waals surface area contributed by atoms with Crippen LogP contribution in [0.2, 0.25) is 0 Å². The number of aromatic nitrogens is 1. The Balaban J connectivity index is 2.30. The Morgan fingerprint density at radius 2 is 1.62 bits per heavy atom. The summed E-state index contributed by atoms with van der Waals surface area (Å²) in [5, 5.41) is 5.58. The number of nitrogens with zero attached hydrogens (tertiary/aromatic N) is 1. The molecule has 1 aromatic rings. The summed E-state index contributed by atoms with van der Waals surface area (Å²) < 4.78 is 11.2. The summed E-state index contributed by atoms with van der Waals surface area (Å²) in [6.07, 6.45) is 8.39. The van der Waals surface area contributed by atoms with Crippen LogP contribution < -0.4 is 10.6 Å². The molecule has 0 spiro atoms. The van der Waals surface area contributed by atoms with E-state index in [2.05, 4.69) is 22.5 Å². The molecule has 1 unspecified atom stereocenters. The molecule has 1 aliphatic heterocycles. The zero-order valence-electron chi connectivity index (χ0n) is 25.3. The molecule has 2 N–H and O–H groups in total. The van der Waals surface area contributed by atoms with E-state index in [1.165, 1.54) is 6.39 Å².